The Morgan fingerprint density at radius 1 is 1.50 bits per heavy atom. The molecule has 0 aromatic heterocycles. The van der Waals surface area contributed by atoms with Gasteiger partial charge in [0, 0.05) is 25.3 Å². The molecule has 134 valence electrons. The van der Waals surface area contributed by atoms with Crippen molar-refractivity contribution in [3.8, 4) is 0 Å². The Bertz CT molecular complexity index is 589. The minimum atomic E-state index is -1.05. The van der Waals surface area contributed by atoms with Crippen molar-refractivity contribution < 1.29 is 19.0 Å². The molecule has 1 aromatic carbocycles. The molecule has 24 heavy (non-hydrogen) atoms. The third kappa shape index (κ3) is 4.82. The summed E-state index contributed by atoms with van der Waals surface area (Å²) in [5, 5.41) is 16.5. The fraction of sp³-hybridized carbons (Fsp3) is 0.588. The number of amides is 1. The second-order valence-electron chi connectivity index (χ2n) is 7.00. The van der Waals surface area contributed by atoms with Crippen LogP contribution in [0, 0.1) is 12.7 Å². The highest BCUT2D eigenvalue weighted by Gasteiger charge is 2.34. The van der Waals surface area contributed by atoms with Crippen LogP contribution in [0.1, 0.15) is 26.3 Å². The molecule has 1 fully saturated rings. The van der Waals surface area contributed by atoms with E-state index in [2.05, 4.69) is 10.6 Å². The van der Waals surface area contributed by atoms with Gasteiger partial charge in [-0.25, -0.2) is 9.18 Å². The second kappa shape index (κ2) is 7.36. The summed E-state index contributed by atoms with van der Waals surface area (Å²) >= 11 is 0. The molecular weight excluding hydrogens is 313 g/mol. The zero-order valence-electron chi connectivity index (χ0n) is 14.6. The molecule has 2 rings (SSSR count). The van der Waals surface area contributed by atoms with Gasteiger partial charge in [-0.1, -0.05) is 6.07 Å². The number of nitrogens with one attached hydrogen (secondary N) is 2. The molecule has 7 heteroatoms. The summed E-state index contributed by atoms with van der Waals surface area (Å²) in [5.41, 5.74) is 0.385. The van der Waals surface area contributed by atoms with E-state index in [0.717, 1.165) is 0 Å². The number of rotatable bonds is 3. The Labute approximate surface area is 142 Å². The second-order valence-corrected chi connectivity index (χ2v) is 7.00. The van der Waals surface area contributed by atoms with E-state index in [1.54, 1.807) is 39.8 Å². The summed E-state index contributed by atoms with van der Waals surface area (Å²) in [6.45, 7) is 8.54. The van der Waals surface area contributed by atoms with Crippen LogP contribution in [0.3, 0.4) is 0 Å². The number of piperazine rings is 1. The van der Waals surface area contributed by atoms with Gasteiger partial charge in [-0.2, -0.15) is 0 Å². The van der Waals surface area contributed by atoms with Crippen molar-refractivity contribution in [2.45, 2.75) is 45.6 Å². The number of halogens is 1. The van der Waals surface area contributed by atoms with Crippen molar-refractivity contribution in [3.63, 3.8) is 0 Å². The van der Waals surface area contributed by atoms with Gasteiger partial charge in [0.2, 0.25) is 0 Å². The Morgan fingerprint density at radius 2 is 2.21 bits per heavy atom. The SMILES string of the molecule is Cc1ccc(NC(O)C2CNCCN2C(=O)OC(C)(C)C)cc1F. The number of aryl methyl sites for hydroxylation is 1. The number of aliphatic hydroxyl groups is 1. The van der Waals surface area contributed by atoms with Crippen LogP contribution in [0.2, 0.25) is 0 Å². The molecule has 1 aromatic rings. The van der Waals surface area contributed by atoms with Gasteiger partial charge in [-0.15, -0.1) is 0 Å². The first-order chi connectivity index (χ1) is 11.2. The van der Waals surface area contributed by atoms with Crippen LogP contribution >= 0.6 is 0 Å². The number of hydrogen-bond acceptors (Lipinski definition) is 5. The molecule has 2 atom stereocenters. The molecule has 1 saturated heterocycles. The summed E-state index contributed by atoms with van der Waals surface area (Å²) in [6.07, 6.45) is -1.52. The first-order valence-corrected chi connectivity index (χ1v) is 8.08. The van der Waals surface area contributed by atoms with Gasteiger partial charge in [-0.05, 0) is 45.4 Å². The van der Waals surface area contributed by atoms with Gasteiger partial charge in [0.1, 0.15) is 17.6 Å². The summed E-state index contributed by atoms with van der Waals surface area (Å²) < 4.78 is 19.0. The lowest BCUT2D eigenvalue weighted by molar-refractivity contribution is -0.00708. The van der Waals surface area contributed by atoms with Crippen molar-refractivity contribution in [3.05, 3.63) is 29.6 Å². The van der Waals surface area contributed by atoms with Crippen molar-refractivity contribution >= 4 is 11.8 Å². The van der Waals surface area contributed by atoms with Crippen LogP contribution in [0.4, 0.5) is 14.9 Å². The zero-order valence-corrected chi connectivity index (χ0v) is 14.6. The molecule has 1 aliphatic rings. The minimum absolute atomic E-state index is 0.349. The largest absolute Gasteiger partial charge is 0.444 e. The molecule has 0 radical (unpaired) electrons. The van der Waals surface area contributed by atoms with Crippen molar-refractivity contribution in [2.75, 3.05) is 25.0 Å². The Kier molecular flexibility index (Phi) is 5.66. The third-order valence-corrected chi connectivity index (χ3v) is 3.76. The van der Waals surface area contributed by atoms with Crippen LogP contribution in [0.15, 0.2) is 18.2 Å². The summed E-state index contributed by atoms with van der Waals surface area (Å²) in [7, 11) is 0. The summed E-state index contributed by atoms with van der Waals surface area (Å²) in [5.74, 6) is -0.349. The van der Waals surface area contributed by atoms with Crippen LogP contribution in [0.25, 0.3) is 0 Å². The maximum Gasteiger partial charge on any atom is 0.410 e. The topological polar surface area (TPSA) is 73.8 Å². The van der Waals surface area contributed by atoms with Gasteiger partial charge >= 0.3 is 6.09 Å². The van der Waals surface area contributed by atoms with Crippen LogP contribution in [-0.4, -0.2) is 53.6 Å². The van der Waals surface area contributed by atoms with Crippen molar-refractivity contribution in [1.29, 1.82) is 0 Å². The normalized spacial score (nSPS) is 19.8. The first-order valence-electron chi connectivity index (χ1n) is 8.08. The monoisotopic (exact) mass is 339 g/mol. The Morgan fingerprint density at radius 3 is 2.83 bits per heavy atom. The smallest absolute Gasteiger partial charge is 0.410 e. The fourth-order valence-electron chi connectivity index (χ4n) is 2.50. The maximum atomic E-state index is 13.6. The highest BCUT2D eigenvalue weighted by molar-refractivity contribution is 5.69. The lowest BCUT2D eigenvalue weighted by Gasteiger charge is -2.39. The molecule has 0 aliphatic carbocycles. The molecule has 1 aliphatic heterocycles. The van der Waals surface area contributed by atoms with Gasteiger partial charge < -0.3 is 20.5 Å². The lowest BCUT2D eigenvalue weighted by atomic mass is 10.1. The number of nitrogens with zero attached hydrogens (tertiary/aromatic N) is 1. The standard InChI is InChI=1S/C17H26FN3O3/c1-11-5-6-12(9-13(11)18)20-15(22)14-10-19-7-8-21(14)16(23)24-17(2,3)4/h5-6,9,14-15,19-20,22H,7-8,10H2,1-4H3. The van der Waals surface area contributed by atoms with E-state index in [4.69, 9.17) is 4.74 Å². The number of aliphatic hydroxyl groups excluding tert-OH is 1. The van der Waals surface area contributed by atoms with Crippen LogP contribution < -0.4 is 10.6 Å². The average Bonchev–Trinajstić information content (AvgIpc) is 2.49. The predicted molar refractivity (Wildman–Crippen MR) is 90.4 cm³/mol. The van der Waals surface area contributed by atoms with Gasteiger partial charge in [0.05, 0.1) is 6.04 Å². The Hall–Kier alpha value is -1.86. The van der Waals surface area contributed by atoms with Gasteiger partial charge in [0.15, 0.2) is 0 Å². The van der Waals surface area contributed by atoms with Crippen molar-refractivity contribution in [1.82, 2.24) is 10.2 Å². The molecular formula is C17H26FN3O3. The number of hydrogen-bond donors (Lipinski definition) is 3. The number of carbonyl (C=O) groups excluding carboxylic acids is 1. The predicted octanol–water partition coefficient (Wildman–Crippen LogP) is 2.07. The van der Waals surface area contributed by atoms with E-state index < -0.39 is 24.0 Å². The highest BCUT2D eigenvalue weighted by Crippen LogP contribution is 2.18. The zero-order chi connectivity index (χ0) is 17.9. The first kappa shape index (κ1) is 18.5. The van der Waals surface area contributed by atoms with E-state index in [9.17, 15) is 14.3 Å². The van der Waals surface area contributed by atoms with E-state index in [1.165, 1.54) is 11.0 Å². The number of anilines is 1. The van der Waals surface area contributed by atoms with Gasteiger partial charge in [-0.3, -0.25) is 4.90 Å². The van der Waals surface area contributed by atoms with E-state index >= 15 is 0 Å². The molecule has 0 saturated carbocycles. The maximum absolute atomic E-state index is 13.6. The summed E-state index contributed by atoms with van der Waals surface area (Å²) in [6, 6.07) is 4.13. The van der Waals surface area contributed by atoms with Crippen molar-refractivity contribution in [2.24, 2.45) is 0 Å². The van der Waals surface area contributed by atoms with E-state index in [-0.39, 0.29) is 5.82 Å². The number of carbonyl (C=O) groups is 1. The summed E-state index contributed by atoms with van der Waals surface area (Å²) in [4.78, 5) is 13.9. The molecule has 6 nitrogen and oxygen atoms in total. The van der Waals surface area contributed by atoms with E-state index in [1.807, 2.05) is 0 Å². The quantitative estimate of drug-likeness (QED) is 0.735. The third-order valence-electron chi connectivity index (χ3n) is 3.76. The minimum Gasteiger partial charge on any atom is -0.444 e. The fourth-order valence-corrected chi connectivity index (χ4v) is 2.50. The molecule has 0 spiro atoms. The number of ether oxygens (including phenoxy) is 1. The molecule has 3 N–H and O–H groups in total. The molecule has 1 heterocycles. The molecule has 1 amide bonds. The van der Waals surface area contributed by atoms with E-state index in [0.29, 0.717) is 30.9 Å². The highest BCUT2D eigenvalue weighted by atomic mass is 19.1. The average molecular weight is 339 g/mol. The van der Waals surface area contributed by atoms with Crippen LogP contribution in [0.5, 0.6) is 0 Å². The molecule has 0 bridgehead atoms. The van der Waals surface area contributed by atoms with Crippen LogP contribution in [-0.2, 0) is 4.74 Å². The van der Waals surface area contributed by atoms with Gasteiger partial charge in [0.25, 0.3) is 0 Å². The lowest BCUT2D eigenvalue weighted by Crippen LogP contribution is -2.60. The number of benzene rings is 1. The molecule has 2 unspecified atom stereocenters. The Balaban J connectivity index is 2.08.